The molecule has 0 aromatic heterocycles. The summed E-state index contributed by atoms with van der Waals surface area (Å²) < 4.78 is 10.5. The highest BCUT2D eigenvalue weighted by atomic mass is 16.7. The molecule has 0 spiro atoms. The van der Waals surface area contributed by atoms with Crippen LogP contribution in [0.5, 0.6) is 0 Å². The molecule has 92 valence electrons. The van der Waals surface area contributed by atoms with Gasteiger partial charge in [0.1, 0.15) is 0 Å². The Morgan fingerprint density at radius 3 is 2.25 bits per heavy atom. The van der Waals surface area contributed by atoms with Crippen molar-refractivity contribution in [3.05, 3.63) is 37.6 Å². The average Bonchev–Trinajstić information content (AvgIpc) is 2.31. The first-order valence-electron chi connectivity index (χ1n) is 5.26. The molecular formula is C12H21NO3. The van der Waals surface area contributed by atoms with Gasteiger partial charge >= 0.3 is 0 Å². The Morgan fingerprint density at radius 2 is 1.62 bits per heavy atom. The maximum atomic E-state index is 5.26. The van der Waals surface area contributed by atoms with Crippen molar-refractivity contribution < 1.29 is 14.3 Å². The summed E-state index contributed by atoms with van der Waals surface area (Å²) in [6.07, 6.45) is 4.28. The van der Waals surface area contributed by atoms with E-state index in [0.29, 0.717) is 38.7 Å². The second-order valence-corrected chi connectivity index (χ2v) is 2.98. The summed E-state index contributed by atoms with van der Waals surface area (Å²) in [7, 11) is 0. The number of hydrogen-bond donors (Lipinski definition) is 1. The maximum absolute atomic E-state index is 5.26. The second-order valence-electron chi connectivity index (χ2n) is 2.98. The van der Waals surface area contributed by atoms with E-state index in [9.17, 15) is 0 Å². The number of allylic oxidation sites excluding steroid dienone is 1. The van der Waals surface area contributed by atoms with E-state index in [2.05, 4.69) is 25.2 Å². The summed E-state index contributed by atoms with van der Waals surface area (Å²) in [5.74, 6) is 0. The van der Waals surface area contributed by atoms with Crippen LogP contribution in [0.1, 0.15) is 6.42 Å². The maximum Gasteiger partial charge on any atom is 0.0979 e. The molecule has 4 nitrogen and oxygen atoms in total. The van der Waals surface area contributed by atoms with Crippen LogP contribution >= 0.6 is 0 Å². The Kier molecular flexibility index (Phi) is 11.1. The largest absolute Gasteiger partial charge is 0.379 e. The fraction of sp³-hybridized carbons (Fsp3) is 0.500. The number of ether oxygens (including phenoxy) is 2. The molecule has 0 saturated heterocycles. The Balaban J connectivity index is 3.01. The van der Waals surface area contributed by atoms with E-state index >= 15 is 0 Å². The van der Waals surface area contributed by atoms with Gasteiger partial charge in [-0.15, -0.1) is 6.58 Å². The first-order valence-corrected chi connectivity index (χ1v) is 5.26. The van der Waals surface area contributed by atoms with E-state index in [1.54, 1.807) is 6.08 Å². The normalized spacial score (nSPS) is 9.75. The van der Waals surface area contributed by atoms with Crippen LogP contribution in [0, 0.1) is 0 Å². The van der Waals surface area contributed by atoms with Crippen LogP contribution in [0.3, 0.4) is 0 Å². The molecule has 0 amide bonds. The zero-order valence-corrected chi connectivity index (χ0v) is 9.74. The SMILES string of the molecule is C=CCCOCCOCCONC(=C)C=C. The van der Waals surface area contributed by atoms with Crippen molar-refractivity contribution in [3.63, 3.8) is 0 Å². The van der Waals surface area contributed by atoms with E-state index in [1.165, 1.54) is 0 Å². The Hall–Kier alpha value is -1.10. The van der Waals surface area contributed by atoms with Crippen LogP contribution in [0.15, 0.2) is 37.6 Å². The zero-order chi connectivity index (χ0) is 12.1. The monoisotopic (exact) mass is 227 g/mol. The molecule has 0 aromatic rings. The summed E-state index contributed by atoms with van der Waals surface area (Å²) in [6.45, 7) is 13.6. The number of rotatable bonds is 12. The lowest BCUT2D eigenvalue weighted by Crippen LogP contribution is -2.17. The third-order valence-corrected chi connectivity index (χ3v) is 1.62. The van der Waals surface area contributed by atoms with Crippen molar-refractivity contribution in [2.24, 2.45) is 0 Å². The summed E-state index contributed by atoms with van der Waals surface area (Å²) in [5, 5.41) is 0. The molecule has 0 saturated carbocycles. The van der Waals surface area contributed by atoms with Gasteiger partial charge in [-0.2, -0.15) is 0 Å². The molecule has 0 fully saturated rings. The van der Waals surface area contributed by atoms with Gasteiger partial charge in [0.25, 0.3) is 0 Å². The van der Waals surface area contributed by atoms with Gasteiger partial charge in [-0.25, -0.2) is 0 Å². The molecule has 0 rings (SSSR count). The highest BCUT2D eigenvalue weighted by Gasteiger charge is 1.91. The molecule has 0 unspecified atom stereocenters. The van der Waals surface area contributed by atoms with Crippen LogP contribution in [0.2, 0.25) is 0 Å². The minimum Gasteiger partial charge on any atom is -0.379 e. The summed E-state index contributed by atoms with van der Waals surface area (Å²) in [4.78, 5) is 5.03. The molecule has 0 radical (unpaired) electrons. The smallest absolute Gasteiger partial charge is 0.0979 e. The Morgan fingerprint density at radius 1 is 1.00 bits per heavy atom. The lowest BCUT2D eigenvalue weighted by Gasteiger charge is -2.07. The predicted octanol–water partition coefficient (Wildman–Crippen LogP) is 1.82. The highest BCUT2D eigenvalue weighted by Crippen LogP contribution is 1.85. The quantitative estimate of drug-likeness (QED) is 0.239. The third-order valence-electron chi connectivity index (χ3n) is 1.62. The van der Waals surface area contributed by atoms with Crippen LogP contribution in [-0.4, -0.2) is 33.0 Å². The minimum absolute atomic E-state index is 0.458. The van der Waals surface area contributed by atoms with Gasteiger partial charge < -0.3 is 9.47 Å². The number of hydroxylamine groups is 1. The fourth-order valence-corrected chi connectivity index (χ4v) is 0.775. The Labute approximate surface area is 97.5 Å². The highest BCUT2D eigenvalue weighted by molar-refractivity contribution is 5.05. The van der Waals surface area contributed by atoms with E-state index in [0.717, 1.165) is 6.42 Å². The fourth-order valence-electron chi connectivity index (χ4n) is 0.775. The third kappa shape index (κ3) is 11.0. The number of nitrogens with one attached hydrogen (secondary N) is 1. The van der Waals surface area contributed by atoms with Crippen molar-refractivity contribution in [1.82, 2.24) is 5.48 Å². The summed E-state index contributed by atoms with van der Waals surface area (Å²) in [6, 6.07) is 0. The van der Waals surface area contributed by atoms with Gasteiger partial charge in [-0.3, -0.25) is 10.3 Å². The van der Waals surface area contributed by atoms with Crippen molar-refractivity contribution in [3.8, 4) is 0 Å². The first-order chi connectivity index (χ1) is 7.81. The van der Waals surface area contributed by atoms with Gasteiger partial charge in [-0.05, 0) is 12.5 Å². The molecule has 1 N–H and O–H groups in total. The molecule has 0 atom stereocenters. The average molecular weight is 227 g/mol. The van der Waals surface area contributed by atoms with Gasteiger partial charge in [0.2, 0.25) is 0 Å². The molecule has 4 heteroatoms. The van der Waals surface area contributed by atoms with Crippen molar-refractivity contribution in [2.75, 3.05) is 33.0 Å². The van der Waals surface area contributed by atoms with Crippen LogP contribution in [0.4, 0.5) is 0 Å². The van der Waals surface area contributed by atoms with Crippen molar-refractivity contribution in [1.29, 1.82) is 0 Å². The molecule has 16 heavy (non-hydrogen) atoms. The molecule has 0 aliphatic heterocycles. The molecule has 0 bridgehead atoms. The van der Waals surface area contributed by atoms with E-state index in [4.69, 9.17) is 14.3 Å². The van der Waals surface area contributed by atoms with Crippen molar-refractivity contribution >= 4 is 0 Å². The first kappa shape index (κ1) is 14.9. The van der Waals surface area contributed by atoms with Gasteiger partial charge in [-0.1, -0.05) is 19.2 Å². The molecule has 0 aliphatic carbocycles. The van der Waals surface area contributed by atoms with Gasteiger partial charge in [0, 0.05) is 0 Å². The van der Waals surface area contributed by atoms with Crippen molar-refractivity contribution in [2.45, 2.75) is 6.42 Å². The van der Waals surface area contributed by atoms with Crippen LogP contribution in [0.25, 0.3) is 0 Å². The molecule has 0 aliphatic rings. The minimum atomic E-state index is 0.458. The molecule has 0 aromatic carbocycles. The van der Waals surface area contributed by atoms with E-state index in [1.807, 2.05) is 6.08 Å². The van der Waals surface area contributed by atoms with E-state index < -0.39 is 0 Å². The van der Waals surface area contributed by atoms with Crippen LogP contribution in [-0.2, 0) is 14.3 Å². The summed E-state index contributed by atoms with van der Waals surface area (Å²) in [5.41, 5.74) is 3.25. The lowest BCUT2D eigenvalue weighted by molar-refractivity contribution is -0.00737. The topological polar surface area (TPSA) is 39.7 Å². The van der Waals surface area contributed by atoms with Gasteiger partial charge in [0.15, 0.2) is 0 Å². The standard InChI is InChI=1S/C12H21NO3/c1-4-6-7-14-8-9-15-10-11-16-13-12(3)5-2/h4-5,13H,1-3,6-11H2. The molecular weight excluding hydrogens is 206 g/mol. The number of hydrogen-bond acceptors (Lipinski definition) is 4. The zero-order valence-electron chi connectivity index (χ0n) is 9.74. The van der Waals surface area contributed by atoms with Crippen LogP contribution < -0.4 is 5.48 Å². The predicted molar refractivity (Wildman–Crippen MR) is 64.9 cm³/mol. The second kappa shape index (κ2) is 12.0. The molecule has 0 heterocycles. The van der Waals surface area contributed by atoms with E-state index in [-0.39, 0.29) is 0 Å². The lowest BCUT2D eigenvalue weighted by atomic mass is 10.5. The summed E-state index contributed by atoms with van der Waals surface area (Å²) >= 11 is 0. The Bertz CT molecular complexity index is 204. The van der Waals surface area contributed by atoms with Gasteiger partial charge in [0.05, 0.1) is 38.7 Å².